The summed E-state index contributed by atoms with van der Waals surface area (Å²) >= 11 is 0. The third-order valence-corrected chi connectivity index (χ3v) is 3.17. The highest BCUT2D eigenvalue weighted by atomic mass is 15.1. The Morgan fingerprint density at radius 3 is 2.44 bits per heavy atom. The van der Waals surface area contributed by atoms with Crippen LogP contribution in [0.1, 0.15) is 31.4 Å². The van der Waals surface area contributed by atoms with Crippen LogP contribution < -0.4 is 10.6 Å². The van der Waals surface area contributed by atoms with Crippen molar-refractivity contribution in [3.8, 4) is 0 Å². The van der Waals surface area contributed by atoms with E-state index < -0.39 is 0 Å². The number of hydrogen-bond acceptors (Lipinski definition) is 2. The summed E-state index contributed by atoms with van der Waals surface area (Å²) in [5, 5.41) is 0. The van der Waals surface area contributed by atoms with Crippen LogP contribution in [-0.4, -0.2) is 19.1 Å². The van der Waals surface area contributed by atoms with E-state index in [9.17, 15) is 0 Å². The number of hydrogen-bond donors (Lipinski definition) is 1. The Morgan fingerprint density at radius 1 is 1.31 bits per heavy atom. The first-order chi connectivity index (χ1) is 7.35. The van der Waals surface area contributed by atoms with E-state index in [0.29, 0.717) is 0 Å². The molecule has 16 heavy (non-hydrogen) atoms. The molecule has 2 heteroatoms. The number of benzene rings is 1. The third-order valence-electron chi connectivity index (χ3n) is 3.17. The van der Waals surface area contributed by atoms with Crippen molar-refractivity contribution in [1.82, 2.24) is 0 Å². The van der Waals surface area contributed by atoms with E-state index in [1.165, 1.54) is 16.8 Å². The van der Waals surface area contributed by atoms with Gasteiger partial charge < -0.3 is 10.6 Å². The minimum Gasteiger partial charge on any atom is -0.373 e. The highest BCUT2D eigenvalue weighted by Crippen LogP contribution is 2.21. The first-order valence-corrected chi connectivity index (χ1v) is 5.93. The normalized spacial score (nSPS) is 14.6. The van der Waals surface area contributed by atoms with Crippen LogP contribution in [-0.2, 0) is 0 Å². The van der Waals surface area contributed by atoms with E-state index in [4.69, 9.17) is 5.73 Å². The van der Waals surface area contributed by atoms with Crippen LogP contribution in [0.5, 0.6) is 0 Å². The maximum atomic E-state index is 6.19. The van der Waals surface area contributed by atoms with Crippen LogP contribution in [0.4, 0.5) is 5.69 Å². The summed E-state index contributed by atoms with van der Waals surface area (Å²) in [6.07, 6.45) is 0.988. The molecule has 0 aromatic heterocycles. The highest BCUT2D eigenvalue weighted by molar-refractivity contribution is 5.54. The zero-order valence-corrected chi connectivity index (χ0v) is 11.2. The van der Waals surface area contributed by atoms with Crippen LogP contribution in [0.2, 0.25) is 0 Å². The fourth-order valence-corrected chi connectivity index (χ4v) is 1.97. The molecular formula is C14H24N2. The fraction of sp³-hybridized carbons (Fsp3) is 0.571. The molecule has 0 spiro atoms. The predicted octanol–water partition coefficient (Wildman–Crippen LogP) is 2.87. The standard InChI is InChI=1S/C14H24N2/c1-6-14(4,15)10-16(5)13-8-7-11(2)9-12(13)3/h7-9H,6,10,15H2,1-5H3. The van der Waals surface area contributed by atoms with Gasteiger partial charge in [-0.25, -0.2) is 0 Å². The monoisotopic (exact) mass is 220 g/mol. The molecule has 1 unspecified atom stereocenters. The summed E-state index contributed by atoms with van der Waals surface area (Å²) in [5.41, 5.74) is 9.97. The molecule has 0 radical (unpaired) electrons. The van der Waals surface area contributed by atoms with Crippen LogP contribution >= 0.6 is 0 Å². The summed E-state index contributed by atoms with van der Waals surface area (Å²) in [6, 6.07) is 6.54. The van der Waals surface area contributed by atoms with Gasteiger partial charge in [0.1, 0.15) is 0 Å². The summed E-state index contributed by atoms with van der Waals surface area (Å²) in [7, 11) is 2.11. The van der Waals surface area contributed by atoms with Gasteiger partial charge in [0, 0.05) is 24.8 Å². The van der Waals surface area contributed by atoms with Crippen LogP contribution in [0.15, 0.2) is 18.2 Å². The minimum atomic E-state index is -0.119. The molecule has 90 valence electrons. The fourth-order valence-electron chi connectivity index (χ4n) is 1.97. The van der Waals surface area contributed by atoms with Crippen molar-refractivity contribution < 1.29 is 0 Å². The second-order valence-corrected chi connectivity index (χ2v) is 5.15. The van der Waals surface area contributed by atoms with Crippen LogP contribution in [0, 0.1) is 13.8 Å². The van der Waals surface area contributed by atoms with Gasteiger partial charge in [-0.05, 0) is 38.8 Å². The number of nitrogens with two attached hydrogens (primary N) is 1. The van der Waals surface area contributed by atoms with Crippen molar-refractivity contribution in [2.24, 2.45) is 5.73 Å². The Bertz CT molecular complexity index is 356. The second-order valence-electron chi connectivity index (χ2n) is 5.15. The molecule has 1 rings (SSSR count). The Labute approximate surface area is 99.5 Å². The van der Waals surface area contributed by atoms with Crippen LogP contribution in [0.25, 0.3) is 0 Å². The van der Waals surface area contributed by atoms with E-state index in [1.54, 1.807) is 0 Å². The molecule has 2 nitrogen and oxygen atoms in total. The van der Waals surface area contributed by atoms with Gasteiger partial charge in [-0.3, -0.25) is 0 Å². The predicted molar refractivity (Wildman–Crippen MR) is 72.1 cm³/mol. The summed E-state index contributed by atoms with van der Waals surface area (Å²) in [5.74, 6) is 0. The van der Waals surface area contributed by atoms with Gasteiger partial charge in [0.05, 0.1) is 0 Å². The molecule has 0 aliphatic carbocycles. The molecule has 1 aromatic carbocycles. The van der Waals surface area contributed by atoms with Crippen molar-refractivity contribution in [2.75, 3.05) is 18.5 Å². The van der Waals surface area contributed by atoms with E-state index in [1.807, 2.05) is 0 Å². The SMILES string of the molecule is CCC(C)(N)CN(C)c1ccc(C)cc1C. The molecule has 2 N–H and O–H groups in total. The molecule has 0 fully saturated rings. The Hall–Kier alpha value is -1.02. The molecule has 0 aliphatic heterocycles. The van der Waals surface area contributed by atoms with Gasteiger partial charge in [-0.1, -0.05) is 24.6 Å². The molecule has 0 saturated heterocycles. The molecule has 0 bridgehead atoms. The van der Waals surface area contributed by atoms with Gasteiger partial charge in [-0.15, -0.1) is 0 Å². The molecule has 1 aromatic rings. The number of aryl methyl sites for hydroxylation is 2. The average Bonchev–Trinajstić information content (AvgIpc) is 2.16. The maximum absolute atomic E-state index is 6.19. The smallest absolute Gasteiger partial charge is 0.0394 e. The summed E-state index contributed by atoms with van der Waals surface area (Å²) in [6.45, 7) is 9.39. The highest BCUT2D eigenvalue weighted by Gasteiger charge is 2.18. The van der Waals surface area contributed by atoms with Crippen molar-refractivity contribution >= 4 is 5.69 Å². The molecule has 0 heterocycles. The topological polar surface area (TPSA) is 29.3 Å². The Kier molecular flexibility index (Phi) is 3.98. The zero-order valence-electron chi connectivity index (χ0n) is 11.2. The minimum absolute atomic E-state index is 0.119. The molecular weight excluding hydrogens is 196 g/mol. The molecule has 0 amide bonds. The van der Waals surface area contributed by atoms with Gasteiger partial charge in [0.25, 0.3) is 0 Å². The lowest BCUT2D eigenvalue weighted by atomic mass is 9.99. The van der Waals surface area contributed by atoms with E-state index in [-0.39, 0.29) is 5.54 Å². The lowest BCUT2D eigenvalue weighted by Crippen LogP contribution is -2.46. The Balaban J connectivity index is 2.84. The molecule has 0 saturated carbocycles. The largest absolute Gasteiger partial charge is 0.373 e. The van der Waals surface area contributed by atoms with E-state index in [0.717, 1.165) is 13.0 Å². The first kappa shape index (κ1) is 13.0. The summed E-state index contributed by atoms with van der Waals surface area (Å²) < 4.78 is 0. The van der Waals surface area contributed by atoms with Gasteiger partial charge in [0.2, 0.25) is 0 Å². The molecule has 1 atom stereocenters. The van der Waals surface area contributed by atoms with Gasteiger partial charge in [-0.2, -0.15) is 0 Å². The van der Waals surface area contributed by atoms with Crippen molar-refractivity contribution in [3.05, 3.63) is 29.3 Å². The van der Waals surface area contributed by atoms with Crippen LogP contribution in [0.3, 0.4) is 0 Å². The number of rotatable bonds is 4. The van der Waals surface area contributed by atoms with Gasteiger partial charge in [0.15, 0.2) is 0 Å². The van der Waals surface area contributed by atoms with Crippen molar-refractivity contribution in [2.45, 2.75) is 39.7 Å². The zero-order chi connectivity index (χ0) is 12.3. The number of nitrogens with zero attached hydrogens (tertiary/aromatic N) is 1. The maximum Gasteiger partial charge on any atom is 0.0394 e. The first-order valence-electron chi connectivity index (χ1n) is 5.93. The van der Waals surface area contributed by atoms with Crippen molar-refractivity contribution in [1.29, 1.82) is 0 Å². The number of likely N-dealkylation sites (N-methyl/N-ethyl adjacent to an activating group) is 1. The second kappa shape index (κ2) is 4.88. The van der Waals surface area contributed by atoms with Crippen molar-refractivity contribution in [3.63, 3.8) is 0 Å². The molecule has 0 aliphatic rings. The Morgan fingerprint density at radius 2 is 1.94 bits per heavy atom. The summed E-state index contributed by atoms with van der Waals surface area (Å²) in [4.78, 5) is 2.25. The lowest BCUT2D eigenvalue weighted by Gasteiger charge is -2.31. The van der Waals surface area contributed by atoms with E-state index in [2.05, 4.69) is 57.8 Å². The average molecular weight is 220 g/mol. The number of anilines is 1. The third kappa shape index (κ3) is 3.24. The lowest BCUT2D eigenvalue weighted by molar-refractivity contribution is 0.455. The van der Waals surface area contributed by atoms with Gasteiger partial charge >= 0.3 is 0 Å². The van der Waals surface area contributed by atoms with E-state index >= 15 is 0 Å². The quantitative estimate of drug-likeness (QED) is 0.845.